The Kier molecular flexibility index (Phi) is 7.73. The summed E-state index contributed by atoms with van der Waals surface area (Å²) in [5, 5.41) is 3.11. The molecule has 0 spiro atoms. The van der Waals surface area contributed by atoms with Gasteiger partial charge in [-0.3, -0.25) is 0 Å². The summed E-state index contributed by atoms with van der Waals surface area (Å²) >= 11 is 0. The normalized spacial score (nSPS) is 10.7. The van der Waals surface area contributed by atoms with Crippen molar-refractivity contribution in [3.8, 4) is 5.75 Å². The first kappa shape index (κ1) is 18.3. The highest BCUT2D eigenvalue weighted by Gasteiger charge is 1.98. The number of anilines is 1. The molecular weight excluding hydrogens is 389 g/mol. The molecule has 118 valence electrons. The molecule has 0 atom stereocenters. The molecule has 0 saturated heterocycles. The van der Waals surface area contributed by atoms with Crippen molar-refractivity contribution in [2.75, 3.05) is 12.4 Å². The Morgan fingerprint density at radius 3 is 2.59 bits per heavy atom. The molecule has 0 aromatic heterocycles. The quantitative estimate of drug-likeness (QED) is 0.447. The summed E-state index contributed by atoms with van der Waals surface area (Å²) < 4.78 is 5.19. The summed E-state index contributed by atoms with van der Waals surface area (Å²) in [5.74, 6) is 1.23. The second-order valence-electron chi connectivity index (χ2n) is 4.73. The maximum Gasteiger partial charge on any atom is 0.193 e. The first-order chi connectivity index (χ1) is 10.2. The van der Waals surface area contributed by atoms with E-state index in [4.69, 9.17) is 10.5 Å². The zero-order chi connectivity index (χ0) is 15.1. The Labute approximate surface area is 148 Å². The lowest BCUT2D eigenvalue weighted by atomic mass is 10.1. The number of rotatable bonds is 5. The highest BCUT2D eigenvalue weighted by molar-refractivity contribution is 14.0. The zero-order valence-electron chi connectivity index (χ0n) is 12.9. The molecule has 2 rings (SSSR count). The van der Waals surface area contributed by atoms with Crippen LogP contribution in [0.3, 0.4) is 0 Å². The summed E-state index contributed by atoms with van der Waals surface area (Å²) in [6.07, 6.45) is 0.996. The second kappa shape index (κ2) is 9.30. The number of halogens is 1. The Hall–Kier alpha value is -1.76. The van der Waals surface area contributed by atoms with E-state index in [1.807, 2.05) is 36.4 Å². The molecule has 22 heavy (non-hydrogen) atoms. The molecule has 0 heterocycles. The summed E-state index contributed by atoms with van der Waals surface area (Å²) in [6, 6.07) is 16.0. The predicted octanol–water partition coefficient (Wildman–Crippen LogP) is 3.80. The number of nitrogens with one attached hydrogen (secondary N) is 1. The highest BCUT2D eigenvalue weighted by Crippen LogP contribution is 2.14. The Balaban J connectivity index is 0.00000242. The minimum Gasteiger partial charge on any atom is -0.497 e. The van der Waals surface area contributed by atoms with Crippen molar-refractivity contribution in [2.45, 2.75) is 19.9 Å². The molecular formula is C17H22IN3O. The van der Waals surface area contributed by atoms with Crippen molar-refractivity contribution >= 4 is 35.6 Å². The minimum absolute atomic E-state index is 0. The smallest absolute Gasteiger partial charge is 0.193 e. The number of nitrogens with zero attached hydrogens (tertiary/aromatic N) is 1. The Morgan fingerprint density at radius 1 is 1.14 bits per heavy atom. The molecule has 0 aliphatic heterocycles. The predicted molar refractivity (Wildman–Crippen MR) is 103 cm³/mol. The fraction of sp³-hybridized carbons (Fsp3) is 0.235. The largest absolute Gasteiger partial charge is 0.497 e. The molecule has 0 amide bonds. The van der Waals surface area contributed by atoms with Crippen LogP contribution in [0.2, 0.25) is 0 Å². The number of aryl methyl sites for hydroxylation is 1. The number of methoxy groups -OCH3 is 1. The van der Waals surface area contributed by atoms with Gasteiger partial charge in [0, 0.05) is 5.69 Å². The van der Waals surface area contributed by atoms with Crippen LogP contribution in [0.1, 0.15) is 18.1 Å². The van der Waals surface area contributed by atoms with E-state index >= 15 is 0 Å². The number of aliphatic imine (C=N–C) groups is 1. The van der Waals surface area contributed by atoms with E-state index in [-0.39, 0.29) is 24.0 Å². The number of hydrogen-bond donors (Lipinski definition) is 2. The number of benzene rings is 2. The molecule has 0 aliphatic rings. The monoisotopic (exact) mass is 411 g/mol. The van der Waals surface area contributed by atoms with Gasteiger partial charge in [0.1, 0.15) is 5.75 Å². The molecule has 4 nitrogen and oxygen atoms in total. The van der Waals surface area contributed by atoms with Crippen molar-refractivity contribution in [2.24, 2.45) is 10.7 Å². The molecule has 0 bridgehead atoms. The van der Waals surface area contributed by atoms with Gasteiger partial charge in [-0.25, -0.2) is 4.99 Å². The molecule has 5 heteroatoms. The van der Waals surface area contributed by atoms with Crippen LogP contribution in [0.4, 0.5) is 5.69 Å². The highest BCUT2D eigenvalue weighted by atomic mass is 127. The van der Waals surface area contributed by atoms with Gasteiger partial charge < -0.3 is 15.8 Å². The van der Waals surface area contributed by atoms with Crippen LogP contribution in [0.5, 0.6) is 5.75 Å². The van der Waals surface area contributed by atoms with Gasteiger partial charge in [0.25, 0.3) is 0 Å². The minimum atomic E-state index is 0. The summed E-state index contributed by atoms with van der Waals surface area (Å²) in [5.41, 5.74) is 9.20. The Morgan fingerprint density at radius 2 is 1.86 bits per heavy atom. The SMILES string of the molecule is CCc1cccc(NC(N)=NCc2cccc(OC)c2)c1.I. The third kappa shape index (κ3) is 5.55. The van der Waals surface area contributed by atoms with Crippen LogP contribution < -0.4 is 15.8 Å². The van der Waals surface area contributed by atoms with Crippen LogP contribution in [-0.2, 0) is 13.0 Å². The van der Waals surface area contributed by atoms with E-state index in [1.165, 1.54) is 5.56 Å². The van der Waals surface area contributed by atoms with Gasteiger partial charge in [0.2, 0.25) is 0 Å². The van der Waals surface area contributed by atoms with Gasteiger partial charge in [-0.15, -0.1) is 24.0 Å². The zero-order valence-corrected chi connectivity index (χ0v) is 15.2. The van der Waals surface area contributed by atoms with E-state index in [9.17, 15) is 0 Å². The van der Waals surface area contributed by atoms with Crippen molar-refractivity contribution in [3.05, 3.63) is 59.7 Å². The van der Waals surface area contributed by atoms with Crippen LogP contribution in [0.25, 0.3) is 0 Å². The van der Waals surface area contributed by atoms with Crippen molar-refractivity contribution in [3.63, 3.8) is 0 Å². The van der Waals surface area contributed by atoms with E-state index < -0.39 is 0 Å². The van der Waals surface area contributed by atoms with E-state index in [2.05, 4.69) is 29.4 Å². The van der Waals surface area contributed by atoms with Gasteiger partial charge in [-0.1, -0.05) is 31.2 Å². The van der Waals surface area contributed by atoms with Crippen LogP contribution >= 0.6 is 24.0 Å². The molecule has 2 aromatic rings. The fourth-order valence-electron chi connectivity index (χ4n) is 2.00. The second-order valence-corrected chi connectivity index (χ2v) is 4.73. The van der Waals surface area contributed by atoms with E-state index in [1.54, 1.807) is 7.11 Å². The maximum atomic E-state index is 5.92. The molecule has 0 radical (unpaired) electrons. The van der Waals surface area contributed by atoms with Crippen molar-refractivity contribution in [1.82, 2.24) is 0 Å². The molecule has 0 saturated carbocycles. The lowest BCUT2D eigenvalue weighted by Gasteiger charge is -2.07. The maximum absolute atomic E-state index is 5.92. The van der Waals surface area contributed by atoms with Crippen LogP contribution in [0.15, 0.2) is 53.5 Å². The molecule has 0 fully saturated rings. The Bertz CT molecular complexity index is 629. The third-order valence-corrected chi connectivity index (χ3v) is 3.17. The third-order valence-electron chi connectivity index (χ3n) is 3.17. The van der Waals surface area contributed by atoms with E-state index in [0.29, 0.717) is 12.5 Å². The molecule has 0 unspecified atom stereocenters. The number of ether oxygens (including phenoxy) is 1. The number of nitrogens with two attached hydrogens (primary N) is 1. The first-order valence-corrected chi connectivity index (χ1v) is 7.00. The lowest BCUT2D eigenvalue weighted by molar-refractivity contribution is 0.414. The topological polar surface area (TPSA) is 59.6 Å². The average Bonchev–Trinajstić information content (AvgIpc) is 2.53. The van der Waals surface area contributed by atoms with Crippen molar-refractivity contribution in [1.29, 1.82) is 0 Å². The summed E-state index contributed by atoms with van der Waals surface area (Å²) in [6.45, 7) is 2.64. The molecule has 0 aliphatic carbocycles. The van der Waals surface area contributed by atoms with Gasteiger partial charge in [-0.05, 0) is 41.8 Å². The van der Waals surface area contributed by atoms with Crippen LogP contribution in [-0.4, -0.2) is 13.1 Å². The van der Waals surface area contributed by atoms with Crippen molar-refractivity contribution < 1.29 is 4.74 Å². The molecule has 3 N–H and O–H groups in total. The van der Waals surface area contributed by atoms with E-state index in [0.717, 1.165) is 23.4 Å². The first-order valence-electron chi connectivity index (χ1n) is 7.00. The van der Waals surface area contributed by atoms with Gasteiger partial charge in [0.05, 0.1) is 13.7 Å². The number of hydrogen-bond acceptors (Lipinski definition) is 2. The summed E-state index contributed by atoms with van der Waals surface area (Å²) in [7, 11) is 1.65. The summed E-state index contributed by atoms with van der Waals surface area (Å²) in [4.78, 5) is 4.35. The van der Waals surface area contributed by atoms with Gasteiger partial charge >= 0.3 is 0 Å². The standard InChI is InChI=1S/C17H21N3O.HI/c1-3-13-6-4-8-15(10-13)20-17(18)19-12-14-7-5-9-16(11-14)21-2;/h4-11H,3,12H2,1-2H3,(H3,18,19,20);1H. The molecule has 2 aromatic carbocycles. The van der Waals surface area contributed by atoms with Gasteiger partial charge in [0.15, 0.2) is 5.96 Å². The number of guanidine groups is 1. The van der Waals surface area contributed by atoms with Crippen LogP contribution in [0, 0.1) is 0 Å². The van der Waals surface area contributed by atoms with Gasteiger partial charge in [-0.2, -0.15) is 0 Å². The fourth-order valence-corrected chi connectivity index (χ4v) is 2.00. The lowest BCUT2D eigenvalue weighted by Crippen LogP contribution is -2.22. The average molecular weight is 411 g/mol.